The van der Waals surface area contributed by atoms with Crippen molar-refractivity contribution < 1.29 is 0 Å². The molecule has 0 radical (unpaired) electrons. The SMILES string of the molecule is CC(C)C(N)CCc1cnnn1C. The first-order valence-electron chi connectivity index (χ1n) is 4.70. The fraction of sp³-hybridized carbons (Fsp3) is 0.778. The molecule has 0 aromatic carbocycles. The summed E-state index contributed by atoms with van der Waals surface area (Å²) < 4.78 is 1.80. The molecule has 2 N–H and O–H groups in total. The van der Waals surface area contributed by atoms with Crippen LogP contribution in [0.4, 0.5) is 0 Å². The maximum atomic E-state index is 5.93. The number of hydrogen-bond acceptors (Lipinski definition) is 3. The molecule has 4 heteroatoms. The third kappa shape index (κ3) is 2.81. The fourth-order valence-electron chi connectivity index (χ4n) is 1.19. The highest BCUT2D eigenvalue weighted by atomic mass is 15.4. The first-order chi connectivity index (χ1) is 6.11. The zero-order valence-corrected chi connectivity index (χ0v) is 8.57. The molecule has 0 aliphatic rings. The normalized spacial score (nSPS) is 13.6. The van der Waals surface area contributed by atoms with Gasteiger partial charge in [0.15, 0.2) is 0 Å². The van der Waals surface area contributed by atoms with Crippen LogP contribution in [0.2, 0.25) is 0 Å². The van der Waals surface area contributed by atoms with Crippen molar-refractivity contribution in [2.24, 2.45) is 18.7 Å². The third-order valence-corrected chi connectivity index (χ3v) is 2.40. The Kier molecular flexibility index (Phi) is 3.42. The monoisotopic (exact) mass is 182 g/mol. The summed E-state index contributed by atoms with van der Waals surface area (Å²) in [5.41, 5.74) is 7.08. The molecule has 1 rings (SSSR count). The van der Waals surface area contributed by atoms with Crippen molar-refractivity contribution in [2.45, 2.75) is 32.7 Å². The van der Waals surface area contributed by atoms with Gasteiger partial charge >= 0.3 is 0 Å². The number of nitrogens with two attached hydrogens (primary N) is 1. The zero-order chi connectivity index (χ0) is 9.84. The maximum absolute atomic E-state index is 5.93. The summed E-state index contributed by atoms with van der Waals surface area (Å²) in [4.78, 5) is 0. The minimum absolute atomic E-state index is 0.273. The Morgan fingerprint density at radius 2 is 2.23 bits per heavy atom. The van der Waals surface area contributed by atoms with E-state index in [4.69, 9.17) is 5.73 Å². The molecule has 0 spiro atoms. The molecule has 0 saturated heterocycles. The average Bonchev–Trinajstić information content (AvgIpc) is 2.47. The van der Waals surface area contributed by atoms with Crippen molar-refractivity contribution in [3.63, 3.8) is 0 Å². The minimum Gasteiger partial charge on any atom is -0.327 e. The van der Waals surface area contributed by atoms with Crippen LogP contribution in [0.15, 0.2) is 6.20 Å². The molecule has 0 fully saturated rings. The molecule has 13 heavy (non-hydrogen) atoms. The predicted octanol–water partition coefficient (Wildman–Crippen LogP) is 0.731. The van der Waals surface area contributed by atoms with Gasteiger partial charge in [0.1, 0.15) is 0 Å². The number of nitrogens with zero attached hydrogens (tertiary/aromatic N) is 3. The molecule has 0 bridgehead atoms. The van der Waals surface area contributed by atoms with E-state index in [0.717, 1.165) is 18.5 Å². The fourth-order valence-corrected chi connectivity index (χ4v) is 1.19. The standard InChI is InChI=1S/C9H18N4/c1-7(2)9(10)5-4-8-6-11-12-13(8)3/h6-7,9H,4-5,10H2,1-3H3. The van der Waals surface area contributed by atoms with Gasteiger partial charge in [0, 0.05) is 13.1 Å². The Bertz CT molecular complexity index is 254. The van der Waals surface area contributed by atoms with Crippen LogP contribution in [0.25, 0.3) is 0 Å². The van der Waals surface area contributed by atoms with Crippen molar-refractivity contribution in [3.8, 4) is 0 Å². The molecule has 1 heterocycles. The van der Waals surface area contributed by atoms with Gasteiger partial charge in [-0.05, 0) is 18.8 Å². The highest BCUT2D eigenvalue weighted by molar-refractivity contribution is 4.94. The van der Waals surface area contributed by atoms with Crippen molar-refractivity contribution in [1.82, 2.24) is 15.0 Å². The lowest BCUT2D eigenvalue weighted by molar-refractivity contribution is 0.459. The lowest BCUT2D eigenvalue weighted by atomic mass is 10.00. The molecule has 0 amide bonds. The van der Waals surface area contributed by atoms with E-state index in [1.807, 2.05) is 7.05 Å². The minimum atomic E-state index is 0.273. The summed E-state index contributed by atoms with van der Waals surface area (Å²) >= 11 is 0. The Hall–Kier alpha value is -0.900. The maximum Gasteiger partial charge on any atom is 0.0724 e. The summed E-state index contributed by atoms with van der Waals surface area (Å²) in [6, 6.07) is 0.273. The molecule has 1 aromatic heterocycles. The van der Waals surface area contributed by atoms with Gasteiger partial charge in [0.2, 0.25) is 0 Å². The Labute approximate surface area is 79.1 Å². The highest BCUT2D eigenvalue weighted by Gasteiger charge is 2.08. The average molecular weight is 182 g/mol. The van der Waals surface area contributed by atoms with Crippen LogP contribution in [0.1, 0.15) is 26.0 Å². The summed E-state index contributed by atoms with van der Waals surface area (Å²) in [5.74, 6) is 0.543. The molecule has 0 aliphatic carbocycles. The highest BCUT2D eigenvalue weighted by Crippen LogP contribution is 2.07. The smallest absolute Gasteiger partial charge is 0.0724 e. The summed E-state index contributed by atoms with van der Waals surface area (Å²) in [6.45, 7) is 4.29. The Morgan fingerprint density at radius 1 is 1.54 bits per heavy atom. The second-order valence-electron chi connectivity index (χ2n) is 3.80. The van der Waals surface area contributed by atoms with Crippen LogP contribution < -0.4 is 5.73 Å². The molecule has 74 valence electrons. The summed E-state index contributed by atoms with van der Waals surface area (Å²) in [5, 5.41) is 7.68. The first kappa shape index (κ1) is 10.2. The van der Waals surface area contributed by atoms with E-state index >= 15 is 0 Å². The predicted molar refractivity (Wildman–Crippen MR) is 52.1 cm³/mol. The number of aromatic nitrogens is 3. The molecule has 0 aliphatic heterocycles. The van der Waals surface area contributed by atoms with Gasteiger partial charge in [-0.15, -0.1) is 5.10 Å². The van der Waals surface area contributed by atoms with Crippen molar-refractivity contribution in [2.75, 3.05) is 0 Å². The van der Waals surface area contributed by atoms with Crippen LogP contribution in [-0.4, -0.2) is 21.0 Å². The van der Waals surface area contributed by atoms with E-state index in [-0.39, 0.29) is 6.04 Å². The van der Waals surface area contributed by atoms with Crippen LogP contribution >= 0.6 is 0 Å². The molecular formula is C9H18N4. The molecule has 0 saturated carbocycles. The number of rotatable bonds is 4. The van der Waals surface area contributed by atoms with Crippen molar-refractivity contribution >= 4 is 0 Å². The molecule has 1 unspecified atom stereocenters. The third-order valence-electron chi connectivity index (χ3n) is 2.40. The Morgan fingerprint density at radius 3 is 2.69 bits per heavy atom. The first-order valence-corrected chi connectivity index (χ1v) is 4.70. The molecular weight excluding hydrogens is 164 g/mol. The van der Waals surface area contributed by atoms with E-state index < -0.39 is 0 Å². The van der Waals surface area contributed by atoms with Crippen LogP contribution in [-0.2, 0) is 13.5 Å². The van der Waals surface area contributed by atoms with Crippen LogP contribution in [0.3, 0.4) is 0 Å². The van der Waals surface area contributed by atoms with Gasteiger partial charge in [-0.2, -0.15) is 0 Å². The largest absolute Gasteiger partial charge is 0.327 e. The van der Waals surface area contributed by atoms with Gasteiger partial charge in [-0.3, -0.25) is 4.68 Å². The second-order valence-corrected chi connectivity index (χ2v) is 3.80. The Balaban J connectivity index is 2.39. The van der Waals surface area contributed by atoms with E-state index in [1.165, 1.54) is 0 Å². The van der Waals surface area contributed by atoms with Crippen LogP contribution in [0.5, 0.6) is 0 Å². The van der Waals surface area contributed by atoms with Gasteiger partial charge in [-0.1, -0.05) is 19.1 Å². The molecule has 1 aromatic rings. The van der Waals surface area contributed by atoms with E-state index in [9.17, 15) is 0 Å². The van der Waals surface area contributed by atoms with Crippen LogP contribution in [0, 0.1) is 5.92 Å². The van der Waals surface area contributed by atoms with Gasteiger partial charge in [0.05, 0.1) is 11.9 Å². The number of hydrogen-bond donors (Lipinski definition) is 1. The van der Waals surface area contributed by atoms with Crippen molar-refractivity contribution in [1.29, 1.82) is 0 Å². The molecule has 1 atom stereocenters. The second kappa shape index (κ2) is 4.37. The van der Waals surface area contributed by atoms with E-state index in [1.54, 1.807) is 10.9 Å². The lowest BCUT2D eigenvalue weighted by Gasteiger charge is -2.14. The topological polar surface area (TPSA) is 56.7 Å². The van der Waals surface area contributed by atoms with Gasteiger partial charge < -0.3 is 5.73 Å². The quantitative estimate of drug-likeness (QED) is 0.747. The van der Waals surface area contributed by atoms with Crippen molar-refractivity contribution in [3.05, 3.63) is 11.9 Å². The summed E-state index contributed by atoms with van der Waals surface area (Å²) in [6.07, 6.45) is 3.76. The zero-order valence-electron chi connectivity index (χ0n) is 8.57. The van der Waals surface area contributed by atoms with Gasteiger partial charge in [0.25, 0.3) is 0 Å². The van der Waals surface area contributed by atoms with Gasteiger partial charge in [-0.25, -0.2) is 0 Å². The molecule has 4 nitrogen and oxygen atoms in total. The van der Waals surface area contributed by atoms with E-state index in [2.05, 4.69) is 24.2 Å². The van der Waals surface area contributed by atoms with E-state index in [0.29, 0.717) is 5.92 Å². The lowest BCUT2D eigenvalue weighted by Crippen LogP contribution is -2.27. The number of aryl methyl sites for hydroxylation is 2. The summed E-state index contributed by atoms with van der Waals surface area (Å²) in [7, 11) is 1.91.